The zero-order valence-corrected chi connectivity index (χ0v) is 14.2. The summed E-state index contributed by atoms with van der Waals surface area (Å²) in [4.78, 5) is 11.9. The summed E-state index contributed by atoms with van der Waals surface area (Å²) >= 11 is 0. The molecule has 0 fully saturated rings. The Hall–Kier alpha value is -2.03. The second-order valence-electron chi connectivity index (χ2n) is 5.38. The molecule has 0 N–H and O–H groups in total. The maximum absolute atomic E-state index is 11.9. The molecule has 1 aromatic carbocycles. The van der Waals surface area contributed by atoms with E-state index in [2.05, 4.69) is 19.9 Å². The predicted molar refractivity (Wildman–Crippen MR) is 90.4 cm³/mol. The molecule has 1 rings (SSSR count). The van der Waals surface area contributed by atoms with Crippen molar-refractivity contribution in [3.63, 3.8) is 0 Å². The molecule has 3 nitrogen and oxygen atoms in total. The molecule has 22 heavy (non-hydrogen) atoms. The van der Waals surface area contributed by atoms with Crippen molar-refractivity contribution in [2.45, 2.75) is 47.1 Å². The number of rotatable bonds is 7. The number of carbonyl (C=O) groups is 1. The van der Waals surface area contributed by atoms with Gasteiger partial charge in [0, 0.05) is 0 Å². The highest BCUT2D eigenvalue weighted by molar-refractivity contribution is 5.89. The largest absolute Gasteiger partial charge is 0.486 e. The third-order valence-electron chi connectivity index (χ3n) is 3.08. The van der Waals surface area contributed by atoms with Crippen LogP contribution in [-0.4, -0.2) is 18.7 Å². The topological polar surface area (TPSA) is 35.5 Å². The van der Waals surface area contributed by atoms with Gasteiger partial charge in [0.2, 0.25) is 0 Å². The van der Waals surface area contributed by atoms with Crippen LogP contribution in [0.3, 0.4) is 0 Å². The number of carbonyl (C=O) groups excluding carboxylic acids is 1. The minimum atomic E-state index is -0.297. The molecule has 0 saturated carbocycles. The van der Waals surface area contributed by atoms with E-state index in [1.165, 1.54) is 5.57 Å². The van der Waals surface area contributed by atoms with Crippen molar-refractivity contribution in [2.24, 2.45) is 0 Å². The third-order valence-corrected chi connectivity index (χ3v) is 3.08. The molecule has 0 aliphatic rings. The maximum Gasteiger partial charge on any atom is 0.338 e. The molecular formula is C19H26O3. The minimum Gasteiger partial charge on any atom is -0.486 e. The summed E-state index contributed by atoms with van der Waals surface area (Å²) in [5.74, 6) is 0.505. The van der Waals surface area contributed by atoms with Gasteiger partial charge in [-0.2, -0.15) is 0 Å². The Balaban J connectivity index is 3.08. The molecule has 0 spiro atoms. The van der Waals surface area contributed by atoms with Crippen LogP contribution in [0.1, 0.15) is 50.5 Å². The van der Waals surface area contributed by atoms with Crippen molar-refractivity contribution in [3.05, 3.63) is 53.1 Å². The lowest BCUT2D eigenvalue weighted by Crippen LogP contribution is -2.11. The molecule has 0 radical (unpaired) electrons. The fraction of sp³-hybridized carbons (Fsp3) is 0.421. The number of benzene rings is 1. The Bertz CT molecular complexity index is 552. The van der Waals surface area contributed by atoms with Crippen LogP contribution < -0.4 is 4.74 Å². The first kappa shape index (κ1) is 18.0. The summed E-state index contributed by atoms with van der Waals surface area (Å²) < 4.78 is 11.0. The molecule has 1 atom stereocenters. The van der Waals surface area contributed by atoms with E-state index < -0.39 is 0 Å². The van der Waals surface area contributed by atoms with Crippen LogP contribution in [0.25, 0.3) is 0 Å². The van der Waals surface area contributed by atoms with Crippen molar-refractivity contribution >= 4 is 5.97 Å². The first-order valence-corrected chi connectivity index (χ1v) is 7.70. The van der Waals surface area contributed by atoms with Crippen LogP contribution in [-0.2, 0) is 11.2 Å². The van der Waals surface area contributed by atoms with Crippen molar-refractivity contribution in [1.82, 2.24) is 0 Å². The van der Waals surface area contributed by atoms with Crippen LogP contribution in [0.4, 0.5) is 0 Å². The second-order valence-corrected chi connectivity index (χ2v) is 5.38. The van der Waals surface area contributed by atoms with Gasteiger partial charge in [0.05, 0.1) is 12.2 Å². The number of hydrogen-bond acceptors (Lipinski definition) is 3. The SMILES string of the molecule is CC=CC(C)Oc1ccc(C(=O)OCC)cc1CC=C(C)C. The van der Waals surface area contributed by atoms with Gasteiger partial charge in [-0.1, -0.05) is 17.7 Å². The molecular weight excluding hydrogens is 276 g/mol. The van der Waals surface area contributed by atoms with Gasteiger partial charge in [-0.15, -0.1) is 0 Å². The van der Waals surface area contributed by atoms with Gasteiger partial charge in [-0.05, 0) is 70.9 Å². The molecule has 0 aliphatic carbocycles. The highest BCUT2D eigenvalue weighted by Gasteiger charge is 2.12. The Morgan fingerprint density at radius 3 is 2.64 bits per heavy atom. The molecule has 0 aliphatic heterocycles. The first-order valence-electron chi connectivity index (χ1n) is 7.70. The average Bonchev–Trinajstić information content (AvgIpc) is 2.46. The predicted octanol–water partition coefficient (Wildman–Crippen LogP) is 4.72. The monoisotopic (exact) mass is 302 g/mol. The summed E-state index contributed by atoms with van der Waals surface area (Å²) in [5, 5.41) is 0. The molecule has 0 bridgehead atoms. The van der Waals surface area contributed by atoms with E-state index in [1.54, 1.807) is 13.0 Å². The van der Waals surface area contributed by atoms with Gasteiger partial charge in [0.1, 0.15) is 11.9 Å². The van der Waals surface area contributed by atoms with E-state index in [1.807, 2.05) is 38.1 Å². The minimum absolute atomic E-state index is 0.0103. The Morgan fingerprint density at radius 1 is 1.32 bits per heavy atom. The summed E-state index contributed by atoms with van der Waals surface area (Å²) in [6, 6.07) is 5.46. The Morgan fingerprint density at radius 2 is 2.05 bits per heavy atom. The van der Waals surface area contributed by atoms with Gasteiger partial charge < -0.3 is 9.47 Å². The van der Waals surface area contributed by atoms with Crippen molar-refractivity contribution in [1.29, 1.82) is 0 Å². The number of esters is 1. The van der Waals surface area contributed by atoms with Crippen molar-refractivity contribution in [3.8, 4) is 5.75 Å². The van der Waals surface area contributed by atoms with Gasteiger partial charge in [0.15, 0.2) is 0 Å². The zero-order valence-electron chi connectivity index (χ0n) is 14.2. The summed E-state index contributed by atoms with van der Waals surface area (Å²) in [6.07, 6.45) is 6.80. The zero-order chi connectivity index (χ0) is 16.5. The molecule has 0 saturated heterocycles. The summed E-state index contributed by atoms with van der Waals surface area (Å²) in [5.41, 5.74) is 2.78. The molecule has 1 unspecified atom stereocenters. The quantitative estimate of drug-likeness (QED) is 0.540. The average molecular weight is 302 g/mol. The normalized spacial score (nSPS) is 12.0. The van der Waals surface area contributed by atoms with Gasteiger partial charge in [0.25, 0.3) is 0 Å². The van der Waals surface area contributed by atoms with E-state index in [9.17, 15) is 4.79 Å². The lowest BCUT2D eigenvalue weighted by Gasteiger charge is -2.15. The third kappa shape index (κ3) is 5.76. The fourth-order valence-electron chi connectivity index (χ4n) is 2.02. The van der Waals surface area contributed by atoms with Crippen molar-refractivity contribution in [2.75, 3.05) is 6.61 Å². The van der Waals surface area contributed by atoms with Gasteiger partial charge >= 0.3 is 5.97 Å². The standard InChI is InChI=1S/C19H26O3/c1-6-8-15(5)22-18-12-11-17(19(20)21-7-2)13-16(18)10-9-14(3)4/h6,8-9,11-13,15H,7,10H2,1-5H3. The smallest absolute Gasteiger partial charge is 0.338 e. The van der Waals surface area contributed by atoms with E-state index >= 15 is 0 Å². The van der Waals surface area contributed by atoms with Crippen LogP contribution in [0.15, 0.2) is 42.0 Å². The summed E-state index contributed by atoms with van der Waals surface area (Å²) in [7, 11) is 0. The molecule has 0 amide bonds. The lowest BCUT2D eigenvalue weighted by molar-refractivity contribution is 0.0526. The van der Waals surface area contributed by atoms with E-state index in [0.29, 0.717) is 12.2 Å². The Kier molecular flexibility index (Phi) is 7.44. The van der Waals surface area contributed by atoms with E-state index in [4.69, 9.17) is 9.47 Å². The van der Waals surface area contributed by atoms with Crippen LogP contribution in [0.2, 0.25) is 0 Å². The number of ether oxygens (including phenoxy) is 2. The number of hydrogen-bond donors (Lipinski definition) is 0. The number of allylic oxidation sites excluding steroid dienone is 3. The molecule has 3 heteroatoms. The van der Waals surface area contributed by atoms with Crippen LogP contribution >= 0.6 is 0 Å². The van der Waals surface area contributed by atoms with E-state index in [0.717, 1.165) is 17.7 Å². The molecule has 120 valence electrons. The highest BCUT2D eigenvalue weighted by Crippen LogP contribution is 2.23. The van der Waals surface area contributed by atoms with Gasteiger partial charge in [-0.25, -0.2) is 4.79 Å². The first-order chi connectivity index (χ1) is 10.5. The fourth-order valence-corrected chi connectivity index (χ4v) is 2.02. The van der Waals surface area contributed by atoms with Crippen LogP contribution in [0.5, 0.6) is 5.75 Å². The van der Waals surface area contributed by atoms with E-state index in [-0.39, 0.29) is 12.1 Å². The van der Waals surface area contributed by atoms with Gasteiger partial charge in [-0.3, -0.25) is 0 Å². The van der Waals surface area contributed by atoms with Crippen LogP contribution in [0, 0.1) is 0 Å². The summed E-state index contributed by atoms with van der Waals surface area (Å²) in [6.45, 7) is 10.2. The maximum atomic E-state index is 11.9. The lowest BCUT2D eigenvalue weighted by atomic mass is 10.1. The molecule has 0 aromatic heterocycles. The second kappa shape index (κ2) is 9.08. The van der Waals surface area contributed by atoms with Crippen molar-refractivity contribution < 1.29 is 14.3 Å². The highest BCUT2D eigenvalue weighted by atomic mass is 16.5. The molecule has 0 heterocycles. The Labute approximate surface area is 133 Å². The molecule has 1 aromatic rings.